The van der Waals surface area contributed by atoms with Crippen LogP contribution < -0.4 is 0 Å². The Bertz CT molecular complexity index is 394. The van der Waals surface area contributed by atoms with E-state index in [2.05, 4.69) is 21.5 Å². The molecule has 2 heterocycles. The van der Waals surface area contributed by atoms with Crippen LogP contribution in [-0.4, -0.2) is 50.9 Å². The molecule has 0 radical (unpaired) electrons. The van der Waals surface area contributed by atoms with Gasteiger partial charge in [-0.3, -0.25) is 4.79 Å². The quantitative estimate of drug-likeness (QED) is 0.800. The van der Waals surface area contributed by atoms with Crippen LogP contribution in [0.25, 0.3) is 0 Å². The molecule has 5 nitrogen and oxygen atoms in total. The van der Waals surface area contributed by atoms with Gasteiger partial charge in [-0.05, 0) is 26.4 Å². The zero-order valence-electron chi connectivity index (χ0n) is 9.87. The molecule has 0 aromatic carbocycles. The van der Waals surface area contributed by atoms with Crippen LogP contribution in [0.5, 0.6) is 0 Å². The Morgan fingerprint density at radius 1 is 1.71 bits per heavy atom. The summed E-state index contributed by atoms with van der Waals surface area (Å²) in [5.41, 5.74) is 0. The second kappa shape index (κ2) is 5.55. The van der Waals surface area contributed by atoms with E-state index < -0.39 is 5.97 Å². The van der Waals surface area contributed by atoms with E-state index >= 15 is 0 Å². The lowest BCUT2D eigenvalue weighted by atomic mass is 10.2. The Hall–Kier alpha value is -1.01. The van der Waals surface area contributed by atoms with Crippen LogP contribution in [0, 0.1) is 0 Å². The standard InChI is InChI=1S/C11H17N3O2S/c1-13-5-2-3-9(13)7-14-6-4-12-11(14)17-8-10(15)16/h4,6,9H,2-3,5,7-8H2,1H3,(H,15,16). The molecule has 0 aliphatic carbocycles. The van der Waals surface area contributed by atoms with Gasteiger partial charge in [-0.15, -0.1) is 0 Å². The number of likely N-dealkylation sites (N-methyl/N-ethyl adjacent to an activating group) is 1. The molecule has 2 rings (SSSR count). The number of rotatable bonds is 5. The largest absolute Gasteiger partial charge is 0.481 e. The van der Waals surface area contributed by atoms with Gasteiger partial charge in [-0.25, -0.2) is 4.98 Å². The van der Waals surface area contributed by atoms with E-state index in [1.165, 1.54) is 24.6 Å². The zero-order chi connectivity index (χ0) is 12.3. The second-order valence-corrected chi connectivity index (χ2v) is 5.26. The molecule has 0 saturated carbocycles. The van der Waals surface area contributed by atoms with Crippen molar-refractivity contribution >= 4 is 17.7 Å². The maximum atomic E-state index is 10.5. The summed E-state index contributed by atoms with van der Waals surface area (Å²) in [5.74, 6) is -0.736. The van der Waals surface area contributed by atoms with Crippen molar-refractivity contribution in [1.82, 2.24) is 14.5 Å². The monoisotopic (exact) mass is 255 g/mol. The SMILES string of the molecule is CN1CCCC1Cn1ccnc1SCC(=O)O. The topological polar surface area (TPSA) is 58.4 Å². The molecule has 0 spiro atoms. The van der Waals surface area contributed by atoms with E-state index in [1.807, 2.05) is 6.20 Å². The van der Waals surface area contributed by atoms with Crippen molar-refractivity contribution in [2.45, 2.75) is 30.6 Å². The Balaban J connectivity index is 1.96. The average Bonchev–Trinajstić information content (AvgIpc) is 2.87. The van der Waals surface area contributed by atoms with E-state index in [9.17, 15) is 4.79 Å². The van der Waals surface area contributed by atoms with Crippen molar-refractivity contribution < 1.29 is 9.90 Å². The Labute approximate surface area is 105 Å². The van der Waals surface area contributed by atoms with Crippen molar-refractivity contribution in [3.8, 4) is 0 Å². The fraction of sp³-hybridized carbons (Fsp3) is 0.636. The van der Waals surface area contributed by atoms with E-state index in [-0.39, 0.29) is 5.75 Å². The molecular weight excluding hydrogens is 238 g/mol. The van der Waals surface area contributed by atoms with Gasteiger partial charge in [-0.2, -0.15) is 0 Å². The molecule has 1 aromatic heterocycles. The van der Waals surface area contributed by atoms with Crippen LogP contribution in [0.1, 0.15) is 12.8 Å². The molecule has 1 aliphatic heterocycles. The maximum Gasteiger partial charge on any atom is 0.313 e. The molecule has 1 saturated heterocycles. The predicted octanol–water partition coefficient (Wildman–Crippen LogP) is 1.15. The number of aromatic nitrogens is 2. The normalized spacial score (nSPS) is 20.9. The van der Waals surface area contributed by atoms with E-state index in [0.29, 0.717) is 6.04 Å². The van der Waals surface area contributed by atoms with E-state index in [4.69, 9.17) is 5.11 Å². The first-order chi connectivity index (χ1) is 8.16. The molecule has 6 heteroatoms. The highest BCUT2D eigenvalue weighted by molar-refractivity contribution is 7.99. The molecule has 0 amide bonds. The van der Waals surface area contributed by atoms with Gasteiger partial charge < -0.3 is 14.6 Å². The summed E-state index contributed by atoms with van der Waals surface area (Å²) in [7, 11) is 2.14. The van der Waals surface area contributed by atoms with E-state index in [1.54, 1.807) is 6.20 Å². The smallest absolute Gasteiger partial charge is 0.313 e. The maximum absolute atomic E-state index is 10.5. The molecule has 1 aromatic rings. The number of carbonyl (C=O) groups is 1. The highest BCUT2D eigenvalue weighted by Crippen LogP contribution is 2.20. The highest BCUT2D eigenvalue weighted by atomic mass is 32.2. The summed E-state index contributed by atoms with van der Waals surface area (Å²) in [5, 5.41) is 9.46. The Morgan fingerprint density at radius 3 is 3.18 bits per heavy atom. The second-order valence-electron chi connectivity index (χ2n) is 4.32. The lowest BCUT2D eigenvalue weighted by Gasteiger charge is -2.20. The van der Waals surface area contributed by atoms with Gasteiger partial charge in [0.2, 0.25) is 0 Å². The Morgan fingerprint density at radius 2 is 2.53 bits per heavy atom. The molecule has 94 valence electrons. The summed E-state index contributed by atoms with van der Waals surface area (Å²) in [6, 6.07) is 0.549. The molecule has 1 aliphatic rings. The summed E-state index contributed by atoms with van der Waals surface area (Å²) < 4.78 is 2.06. The predicted molar refractivity (Wildman–Crippen MR) is 66.2 cm³/mol. The molecular formula is C11H17N3O2S. The zero-order valence-corrected chi connectivity index (χ0v) is 10.7. The fourth-order valence-corrected chi connectivity index (χ4v) is 2.83. The van der Waals surface area contributed by atoms with Crippen LogP contribution in [0.15, 0.2) is 17.6 Å². The first-order valence-corrected chi connectivity index (χ1v) is 6.71. The summed E-state index contributed by atoms with van der Waals surface area (Å²) >= 11 is 1.28. The van der Waals surface area contributed by atoms with Gasteiger partial charge in [0.1, 0.15) is 0 Å². The summed E-state index contributed by atoms with van der Waals surface area (Å²) in [6.45, 7) is 2.05. The number of nitrogens with zero attached hydrogens (tertiary/aromatic N) is 3. The molecule has 1 atom stereocenters. The number of hydrogen-bond donors (Lipinski definition) is 1. The minimum atomic E-state index is -0.803. The van der Waals surface area contributed by atoms with Gasteiger partial charge in [0, 0.05) is 25.0 Å². The number of carboxylic acid groups (broad SMARTS) is 1. The fourth-order valence-electron chi connectivity index (χ4n) is 2.14. The van der Waals surface area contributed by atoms with Crippen molar-refractivity contribution in [3.63, 3.8) is 0 Å². The first-order valence-electron chi connectivity index (χ1n) is 5.73. The third-order valence-corrected chi connectivity index (χ3v) is 4.07. The summed E-state index contributed by atoms with van der Waals surface area (Å²) in [6.07, 6.45) is 6.11. The van der Waals surface area contributed by atoms with Crippen LogP contribution in [-0.2, 0) is 11.3 Å². The number of imidazole rings is 1. The third-order valence-electron chi connectivity index (χ3n) is 3.08. The number of carboxylic acids is 1. The van der Waals surface area contributed by atoms with Crippen molar-refractivity contribution in [3.05, 3.63) is 12.4 Å². The van der Waals surface area contributed by atoms with Gasteiger partial charge in [-0.1, -0.05) is 11.8 Å². The van der Waals surface area contributed by atoms with Gasteiger partial charge in [0.05, 0.1) is 5.75 Å². The molecule has 0 bridgehead atoms. The van der Waals surface area contributed by atoms with Crippen LogP contribution in [0.3, 0.4) is 0 Å². The lowest BCUT2D eigenvalue weighted by Crippen LogP contribution is -2.29. The summed E-state index contributed by atoms with van der Waals surface area (Å²) in [4.78, 5) is 17.1. The highest BCUT2D eigenvalue weighted by Gasteiger charge is 2.22. The number of thioether (sulfide) groups is 1. The van der Waals surface area contributed by atoms with Crippen LogP contribution in [0.4, 0.5) is 0 Å². The minimum absolute atomic E-state index is 0.0670. The molecule has 1 unspecified atom stereocenters. The molecule has 17 heavy (non-hydrogen) atoms. The lowest BCUT2D eigenvalue weighted by molar-refractivity contribution is -0.133. The van der Waals surface area contributed by atoms with Gasteiger partial charge in [0.15, 0.2) is 5.16 Å². The number of aliphatic carboxylic acids is 1. The van der Waals surface area contributed by atoms with Gasteiger partial charge in [0.25, 0.3) is 0 Å². The van der Waals surface area contributed by atoms with Crippen molar-refractivity contribution in [2.75, 3.05) is 19.3 Å². The van der Waals surface area contributed by atoms with Gasteiger partial charge >= 0.3 is 5.97 Å². The van der Waals surface area contributed by atoms with Crippen LogP contribution in [0.2, 0.25) is 0 Å². The first kappa shape index (κ1) is 12.4. The number of hydrogen-bond acceptors (Lipinski definition) is 4. The van der Waals surface area contributed by atoms with Crippen molar-refractivity contribution in [1.29, 1.82) is 0 Å². The minimum Gasteiger partial charge on any atom is -0.481 e. The molecule has 1 N–H and O–H groups in total. The Kier molecular flexibility index (Phi) is 4.06. The molecule has 1 fully saturated rings. The van der Waals surface area contributed by atoms with Crippen LogP contribution >= 0.6 is 11.8 Å². The number of likely N-dealkylation sites (tertiary alicyclic amines) is 1. The average molecular weight is 255 g/mol. The van der Waals surface area contributed by atoms with Crippen molar-refractivity contribution in [2.24, 2.45) is 0 Å². The third kappa shape index (κ3) is 3.23. The van der Waals surface area contributed by atoms with E-state index in [0.717, 1.165) is 18.2 Å².